The van der Waals surface area contributed by atoms with Crippen molar-refractivity contribution in [1.82, 2.24) is 25.0 Å². The summed E-state index contributed by atoms with van der Waals surface area (Å²) in [6, 6.07) is 0. The maximum atomic E-state index is 6.75. The quantitative estimate of drug-likeness (QED) is 0.670. The molecule has 8 fully saturated rings. The largest absolute Gasteiger partial charge is 0.424 e. The van der Waals surface area contributed by atoms with Crippen LogP contribution in [0.1, 0.15) is 88.8 Å². The molecule has 0 amide bonds. The van der Waals surface area contributed by atoms with Crippen LogP contribution in [0.25, 0.3) is 0 Å². The molecule has 0 aromatic carbocycles. The van der Waals surface area contributed by atoms with Gasteiger partial charge in [-0.25, -0.2) is 9.67 Å². The number of nitrogens with zero attached hydrogens (tertiary/aromatic N) is 5. The van der Waals surface area contributed by atoms with E-state index >= 15 is 0 Å². The van der Waals surface area contributed by atoms with Crippen LogP contribution in [0.15, 0.2) is 10.7 Å². The number of hydrogen-bond donors (Lipinski definition) is 0. The van der Waals surface area contributed by atoms with Crippen LogP contribution in [-0.2, 0) is 16.4 Å². The molecule has 0 radical (unpaired) electrons. The monoisotopic (exact) mass is 439 g/mol. The van der Waals surface area contributed by atoms with E-state index in [4.69, 9.17) is 26.2 Å². The van der Waals surface area contributed by atoms with Crippen LogP contribution in [0, 0.1) is 29.6 Å². The van der Waals surface area contributed by atoms with Gasteiger partial charge in [-0.3, -0.25) is 0 Å². The molecule has 2 heterocycles. The molecule has 8 aliphatic carbocycles. The zero-order valence-corrected chi connectivity index (χ0v) is 18.7. The van der Waals surface area contributed by atoms with Crippen molar-refractivity contribution in [2.24, 2.45) is 29.6 Å². The molecule has 2 aromatic rings. The van der Waals surface area contributed by atoms with Crippen molar-refractivity contribution in [1.29, 1.82) is 0 Å². The molecular weight excluding hydrogens is 410 g/mol. The Bertz CT molecular complexity index is 1010. The first-order valence-electron chi connectivity index (χ1n) is 12.4. The topological polar surface area (TPSA) is 69.6 Å². The highest BCUT2D eigenvalue weighted by molar-refractivity contribution is 6.28. The van der Waals surface area contributed by atoms with Gasteiger partial charge in [-0.05, 0) is 118 Å². The second-order valence-electron chi connectivity index (χ2n) is 12.5. The fourth-order valence-electron chi connectivity index (χ4n) is 10.2. The third-order valence-electron chi connectivity index (χ3n) is 10.4. The maximum Gasteiger partial charge on any atom is 0.242 e. The van der Waals surface area contributed by atoms with Gasteiger partial charge in [0.15, 0.2) is 0 Å². The van der Waals surface area contributed by atoms with E-state index < -0.39 is 0 Å². The fourth-order valence-corrected chi connectivity index (χ4v) is 10.4. The minimum atomic E-state index is 0.00997. The van der Waals surface area contributed by atoms with Crippen LogP contribution in [0.5, 0.6) is 0 Å². The van der Waals surface area contributed by atoms with Crippen LogP contribution in [0.4, 0.5) is 0 Å². The van der Waals surface area contributed by atoms with Crippen LogP contribution >= 0.6 is 11.6 Å². The SMILES string of the molecule is Clc1ncn(C23C[C@@H]4C[C@H](CC(c5nnc(C67CC8CC(CC(C8)C6)C7)o5)(C4)C2)C3)n1. The minimum Gasteiger partial charge on any atom is -0.424 e. The molecule has 10 rings (SSSR count). The van der Waals surface area contributed by atoms with Crippen LogP contribution in [-0.4, -0.2) is 25.0 Å². The van der Waals surface area contributed by atoms with Crippen molar-refractivity contribution in [3.8, 4) is 0 Å². The van der Waals surface area contributed by atoms with Gasteiger partial charge in [0.25, 0.3) is 0 Å². The highest BCUT2D eigenvalue weighted by Crippen LogP contribution is 2.65. The van der Waals surface area contributed by atoms with E-state index in [-0.39, 0.29) is 16.4 Å². The number of aromatic nitrogens is 5. The van der Waals surface area contributed by atoms with Gasteiger partial charge in [0, 0.05) is 5.41 Å². The molecule has 2 aromatic heterocycles. The van der Waals surface area contributed by atoms with Gasteiger partial charge in [0.1, 0.15) is 6.33 Å². The highest BCUT2D eigenvalue weighted by Gasteiger charge is 2.62. The van der Waals surface area contributed by atoms with Gasteiger partial charge in [0.05, 0.1) is 11.0 Å². The van der Waals surface area contributed by atoms with Gasteiger partial charge < -0.3 is 4.42 Å². The van der Waals surface area contributed by atoms with Crippen LogP contribution < -0.4 is 0 Å². The zero-order chi connectivity index (χ0) is 20.4. The van der Waals surface area contributed by atoms with Gasteiger partial charge in [-0.15, -0.1) is 15.3 Å². The summed E-state index contributed by atoms with van der Waals surface area (Å²) in [6.45, 7) is 0. The predicted octanol–water partition coefficient (Wildman–Crippen LogP) is 5.03. The van der Waals surface area contributed by atoms with Crippen molar-refractivity contribution in [2.45, 2.75) is 93.4 Å². The van der Waals surface area contributed by atoms with E-state index in [0.717, 1.165) is 36.0 Å². The van der Waals surface area contributed by atoms with Gasteiger partial charge in [-0.2, -0.15) is 0 Å². The third-order valence-corrected chi connectivity index (χ3v) is 10.5. The van der Waals surface area contributed by atoms with Crippen LogP contribution in [0.2, 0.25) is 5.28 Å². The molecule has 0 unspecified atom stereocenters. The smallest absolute Gasteiger partial charge is 0.242 e. The Kier molecular flexibility index (Phi) is 3.34. The summed E-state index contributed by atoms with van der Waals surface area (Å²) >= 11 is 6.12. The Morgan fingerprint density at radius 2 is 1.32 bits per heavy atom. The first kappa shape index (κ1) is 18.0. The number of halogens is 1. The predicted molar refractivity (Wildman–Crippen MR) is 114 cm³/mol. The lowest BCUT2D eigenvalue weighted by molar-refractivity contribution is -0.0788. The van der Waals surface area contributed by atoms with Crippen molar-refractivity contribution in [2.75, 3.05) is 0 Å². The van der Waals surface area contributed by atoms with Crippen molar-refractivity contribution >= 4 is 11.6 Å². The Labute approximate surface area is 187 Å². The summed E-state index contributed by atoms with van der Waals surface area (Å²) in [4.78, 5) is 4.25. The Balaban J connectivity index is 1.18. The Hall–Kier alpha value is -1.43. The van der Waals surface area contributed by atoms with Crippen LogP contribution in [0.3, 0.4) is 0 Å². The number of hydrogen-bond acceptors (Lipinski definition) is 5. The minimum absolute atomic E-state index is 0.00997. The van der Waals surface area contributed by atoms with E-state index in [1.54, 1.807) is 0 Å². The highest BCUT2D eigenvalue weighted by atomic mass is 35.5. The lowest BCUT2D eigenvalue weighted by atomic mass is 9.47. The molecule has 7 heteroatoms. The molecule has 0 N–H and O–H groups in total. The average Bonchev–Trinajstić information content (AvgIpc) is 3.36. The second kappa shape index (κ2) is 5.73. The molecule has 0 spiro atoms. The lowest BCUT2D eigenvalue weighted by Crippen LogP contribution is -2.58. The summed E-state index contributed by atoms with van der Waals surface area (Å²) in [5.41, 5.74) is 0.203. The van der Waals surface area contributed by atoms with Gasteiger partial charge >= 0.3 is 0 Å². The first-order chi connectivity index (χ1) is 15.0. The molecular formula is C24H30ClN5O. The third kappa shape index (κ3) is 2.41. The van der Waals surface area contributed by atoms with Gasteiger partial charge in [-0.1, -0.05) is 0 Å². The lowest BCUT2D eigenvalue weighted by Gasteiger charge is -2.60. The second-order valence-corrected chi connectivity index (χ2v) is 12.9. The zero-order valence-electron chi connectivity index (χ0n) is 18.0. The summed E-state index contributed by atoms with van der Waals surface area (Å²) in [7, 11) is 0. The van der Waals surface area contributed by atoms with Crippen molar-refractivity contribution in [3.05, 3.63) is 23.4 Å². The number of rotatable bonds is 3. The fraction of sp³-hybridized carbons (Fsp3) is 0.833. The van der Waals surface area contributed by atoms with Crippen molar-refractivity contribution in [3.63, 3.8) is 0 Å². The maximum absolute atomic E-state index is 6.75. The molecule has 0 saturated heterocycles. The molecule has 164 valence electrons. The summed E-state index contributed by atoms with van der Waals surface area (Å²) in [5.74, 6) is 6.00. The molecule has 6 nitrogen and oxygen atoms in total. The molecule has 31 heavy (non-hydrogen) atoms. The standard InChI is InChI=1S/C24H30ClN5O/c25-21-26-13-30(29-21)24-10-17-4-18(11-24)9-23(8-17,12-24)20-28-27-19(31-20)22-5-14-1-15(6-22)3-16(2-14)7-22/h13-18H,1-12H2/t14?,15?,16?,17-,18-,22?,23?,24?/m1/s1. The van der Waals surface area contributed by atoms with E-state index in [0.29, 0.717) is 17.1 Å². The molecule has 8 bridgehead atoms. The molecule has 8 saturated carbocycles. The Morgan fingerprint density at radius 3 is 1.90 bits per heavy atom. The van der Waals surface area contributed by atoms with Gasteiger partial charge in [0.2, 0.25) is 17.1 Å². The average molecular weight is 440 g/mol. The Morgan fingerprint density at radius 1 is 0.774 bits per heavy atom. The van der Waals surface area contributed by atoms with Crippen molar-refractivity contribution < 1.29 is 4.42 Å². The summed E-state index contributed by atoms with van der Waals surface area (Å²) < 4.78 is 8.83. The molecule has 0 aliphatic heterocycles. The summed E-state index contributed by atoms with van der Waals surface area (Å²) in [6.07, 6.45) is 17.1. The normalized spacial score (nSPS) is 49.3. The summed E-state index contributed by atoms with van der Waals surface area (Å²) in [5, 5.41) is 14.5. The van der Waals surface area contributed by atoms with E-state index in [2.05, 4.69) is 14.8 Å². The first-order valence-corrected chi connectivity index (χ1v) is 12.8. The van der Waals surface area contributed by atoms with E-state index in [1.807, 2.05) is 6.33 Å². The van der Waals surface area contributed by atoms with E-state index in [9.17, 15) is 0 Å². The molecule has 2 atom stereocenters. The molecule has 8 aliphatic rings. The van der Waals surface area contributed by atoms with E-state index in [1.165, 1.54) is 70.6 Å².